The predicted molar refractivity (Wildman–Crippen MR) is 149 cm³/mol. The first-order valence-electron chi connectivity index (χ1n) is 12.6. The van der Waals surface area contributed by atoms with Crippen LogP contribution in [0.2, 0.25) is 0 Å². The third kappa shape index (κ3) is 7.85. The van der Waals surface area contributed by atoms with E-state index in [0.717, 1.165) is 39.9 Å². The molecule has 1 fully saturated rings. The number of aromatic nitrogens is 1. The van der Waals surface area contributed by atoms with Gasteiger partial charge in [-0.15, -0.1) is 11.3 Å². The molecule has 8 nitrogen and oxygen atoms in total. The van der Waals surface area contributed by atoms with Gasteiger partial charge in [0, 0.05) is 31.3 Å². The Balaban J connectivity index is 1.65. The van der Waals surface area contributed by atoms with Gasteiger partial charge in [-0.1, -0.05) is 61.0 Å². The van der Waals surface area contributed by atoms with Gasteiger partial charge < -0.3 is 20.6 Å². The van der Waals surface area contributed by atoms with Crippen LogP contribution in [-0.4, -0.2) is 62.8 Å². The van der Waals surface area contributed by atoms with E-state index in [4.69, 9.17) is 0 Å². The smallest absolute Gasteiger partial charge is 0.246 e. The molecule has 3 amide bonds. The lowest BCUT2D eigenvalue weighted by molar-refractivity contribution is -0.144. The Morgan fingerprint density at radius 3 is 2.51 bits per heavy atom. The number of aliphatic hydroxyl groups is 1. The number of aliphatic hydroxyl groups excluding tert-OH is 1. The second kappa shape index (κ2) is 13.0. The Morgan fingerprint density at radius 2 is 1.92 bits per heavy atom. The van der Waals surface area contributed by atoms with E-state index in [1.807, 2.05) is 57.5 Å². The Hall–Kier alpha value is -2.30. The minimum atomic E-state index is -0.799. The quantitative estimate of drug-likeness (QED) is 0.287. The molecule has 0 bridgehead atoms. The lowest BCUT2D eigenvalue weighted by Crippen LogP contribution is -2.57. The van der Waals surface area contributed by atoms with Gasteiger partial charge in [0.05, 0.1) is 22.2 Å². The number of halogens is 1. The van der Waals surface area contributed by atoms with Crippen LogP contribution in [-0.2, 0) is 20.9 Å². The van der Waals surface area contributed by atoms with E-state index >= 15 is 0 Å². The number of carbonyl (C=O) groups excluding carboxylic acids is 3. The number of hydrogen-bond donors (Lipinski definition) is 3. The second-order valence-electron chi connectivity index (χ2n) is 10.6. The van der Waals surface area contributed by atoms with Crippen LogP contribution < -0.4 is 10.6 Å². The first kappa shape index (κ1) is 29.3. The van der Waals surface area contributed by atoms with Crippen LogP contribution in [0.5, 0.6) is 0 Å². The number of aryl methyl sites for hydroxylation is 1. The van der Waals surface area contributed by atoms with Crippen LogP contribution in [0.15, 0.2) is 29.8 Å². The molecule has 1 aromatic heterocycles. The molecular weight excluding hydrogens is 556 g/mol. The lowest BCUT2D eigenvalue weighted by atomic mass is 9.85. The molecule has 10 heteroatoms. The summed E-state index contributed by atoms with van der Waals surface area (Å²) in [6.45, 7) is 7.99. The number of amides is 3. The summed E-state index contributed by atoms with van der Waals surface area (Å²) in [5.74, 6) is -0.849. The summed E-state index contributed by atoms with van der Waals surface area (Å²) in [4.78, 5) is 46.1. The van der Waals surface area contributed by atoms with Crippen molar-refractivity contribution in [3.05, 3.63) is 41.0 Å². The number of benzene rings is 1. The second-order valence-corrected chi connectivity index (χ2v) is 12.2. The summed E-state index contributed by atoms with van der Waals surface area (Å²) in [6, 6.07) is 6.34. The number of β-amino-alcohol motifs (C(OH)–C–C–N with tert-alkyl or cyclic N) is 1. The molecule has 1 aliphatic rings. The summed E-state index contributed by atoms with van der Waals surface area (Å²) in [6.07, 6.45) is 1.30. The minimum Gasteiger partial charge on any atom is -0.391 e. The molecule has 0 saturated carbocycles. The van der Waals surface area contributed by atoms with Crippen LogP contribution >= 0.6 is 27.3 Å². The number of nitrogens with zero attached hydrogens (tertiary/aromatic N) is 2. The highest BCUT2D eigenvalue weighted by molar-refractivity contribution is 9.09. The number of nitrogens with one attached hydrogen (secondary N) is 2. The molecule has 2 aromatic rings. The fourth-order valence-corrected chi connectivity index (χ4v) is 5.60. The summed E-state index contributed by atoms with van der Waals surface area (Å²) in [5, 5.41) is 17.0. The van der Waals surface area contributed by atoms with Crippen LogP contribution in [0.3, 0.4) is 0 Å². The van der Waals surface area contributed by atoms with E-state index in [0.29, 0.717) is 13.0 Å². The first-order chi connectivity index (χ1) is 17.5. The van der Waals surface area contributed by atoms with E-state index in [9.17, 15) is 19.5 Å². The van der Waals surface area contributed by atoms with E-state index in [1.165, 1.54) is 4.90 Å². The lowest BCUT2D eigenvalue weighted by Gasteiger charge is -2.35. The summed E-state index contributed by atoms with van der Waals surface area (Å²) < 4.78 is 0. The van der Waals surface area contributed by atoms with Gasteiger partial charge in [0.1, 0.15) is 12.1 Å². The highest BCUT2D eigenvalue weighted by Crippen LogP contribution is 2.28. The maximum absolute atomic E-state index is 13.6. The number of thiazole rings is 1. The number of likely N-dealkylation sites (tertiary alicyclic amines) is 1. The van der Waals surface area contributed by atoms with E-state index < -0.39 is 23.6 Å². The topological polar surface area (TPSA) is 112 Å². The Morgan fingerprint density at radius 1 is 1.22 bits per heavy atom. The van der Waals surface area contributed by atoms with Gasteiger partial charge in [0.2, 0.25) is 17.7 Å². The molecule has 3 N–H and O–H groups in total. The predicted octanol–water partition coefficient (Wildman–Crippen LogP) is 3.79. The van der Waals surface area contributed by atoms with Gasteiger partial charge in [-0.25, -0.2) is 4.98 Å². The third-order valence-corrected chi connectivity index (χ3v) is 8.04. The molecule has 2 heterocycles. The Bertz CT molecular complexity index is 1080. The fraction of sp³-hybridized carbons (Fsp3) is 0.556. The summed E-state index contributed by atoms with van der Waals surface area (Å²) >= 11 is 4.95. The molecular formula is C27H37BrN4O4S. The number of alkyl halides is 1. The molecule has 2 unspecified atom stereocenters. The van der Waals surface area contributed by atoms with Crippen molar-refractivity contribution in [2.24, 2.45) is 5.41 Å². The minimum absolute atomic E-state index is 0.0614. The summed E-state index contributed by atoms with van der Waals surface area (Å²) in [7, 11) is 0. The molecule has 0 radical (unpaired) electrons. The molecule has 202 valence electrons. The zero-order valence-corrected chi connectivity index (χ0v) is 24.3. The van der Waals surface area contributed by atoms with Crippen LogP contribution in [0.4, 0.5) is 0 Å². The first-order valence-corrected chi connectivity index (χ1v) is 14.6. The monoisotopic (exact) mass is 592 g/mol. The summed E-state index contributed by atoms with van der Waals surface area (Å²) in [5.41, 5.74) is 4.25. The van der Waals surface area contributed by atoms with Crippen LogP contribution in [0, 0.1) is 12.3 Å². The fourth-order valence-electron chi connectivity index (χ4n) is 4.39. The van der Waals surface area contributed by atoms with E-state index in [2.05, 4.69) is 31.5 Å². The van der Waals surface area contributed by atoms with Crippen LogP contribution in [0.1, 0.15) is 57.7 Å². The van der Waals surface area contributed by atoms with Gasteiger partial charge in [-0.2, -0.15) is 0 Å². The van der Waals surface area contributed by atoms with Crippen molar-refractivity contribution in [1.29, 1.82) is 0 Å². The van der Waals surface area contributed by atoms with Gasteiger partial charge >= 0.3 is 0 Å². The molecule has 0 aliphatic carbocycles. The van der Waals surface area contributed by atoms with Crippen molar-refractivity contribution in [2.45, 2.75) is 78.1 Å². The highest BCUT2D eigenvalue weighted by atomic mass is 79.9. The average molecular weight is 594 g/mol. The largest absolute Gasteiger partial charge is 0.391 e. The number of carbonyl (C=O) groups is 3. The molecule has 1 aliphatic heterocycles. The van der Waals surface area contributed by atoms with Crippen molar-refractivity contribution in [3.63, 3.8) is 0 Å². The van der Waals surface area contributed by atoms with Gasteiger partial charge in [-0.3, -0.25) is 14.4 Å². The number of unbranched alkanes of at least 4 members (excludes halogenated alkanes) is 1. The van der Waals surface area contributed by atoms with Crippen LogP contribution in [0.25, 0.3) is 10.4 Å². The zero-order chi connectivity index (χ0) is 27.2. The van der Waals surface area contributed by atoms with Gasteiger partial charge in [0.25, 0.3) is 0 Å². The van der Waals surface area contributed by atoms with E-state index in [1.54, 1.807) is 11.3 Å². The third-order valence-electron chi connectivity index (χ3n) is 6.50. The molecule has 37 heavy (non-hydrogen) atoms. The van der Waals surface area contributed by atoms with Crippen molar-refractivity contribution >= 4 is 45.0 Å². The maximum Gasteiger partial charge on any atom is 0.246 e. The molecule has 1 saturated heterocycles. The van der Waals surface area contributed by atoms with Crippen molar-refractivity contribution in [3.8, 4) is 10.4 Å². The Kier molecular flexibility index (Phi) is 10.3. The van der Waals surface area contributed by atoms with Gasteiger partial charge in [0.15, 0.2) is 0 Å². The van der Waals surface area contributed by atoms with Gasteiger partial charge in [-0.05, 0) is 36.3 Å². The Labute approximate surface area is 231 Å². The highest BCUT2D eigenvalue weighted by Gasteiger charge is 2.44. The number of hydrogen-bond acceptors (Lipinski definition) is 6. The molecule has 0 spiro atoms. The molecule has 3 atom stereocenters. The van der Waals surface area contributed by atoms with E-state index in [-0.39, 0.29) is 30.7 Å². The van der Waals surface area contributed by atoms with Crippen molar-refractivity contribution in [1.82, 2.24) is 20.5 Å². The zero-order valence-electron chi connectivity index (χ0n) is 21.9. The SMILES string of the molecule is Cc1ncsc1-c1ccc(CNC(=O)C2CC(O)CN2C(=O)[C@@H](NC(=O)CCCCBr)C(C)(C)C)cc1. The van der Waals surface area contributed by atoms with Crippen molar-refractivity contribution in [2.75, 3.05) is 11.9 Å². The van der Waals surface area contributed by atoms with Crippen molar-refractivity contribution < 1.29 is 19.5 Å². The number of rotatable bonds is 10. The average Bonchev–Trinajstić information content (AvgIpc) is 3.46. The molecule has 1 aromatic carbocycles. The molecule has 3 rings (SSSR count). The maximum atomic E-state index is 13.6. The standard InChI is InChI=1S/C27H37BrN4O4S/c1-17-23(37-16-30-17)19-10-8-18(9-11-19)14-29-25(35)21-13-20(33)15-32(21)26(36)24(27(2,3)4)31-22(34)7-5-6-12-28/h8-11,16,20-21,24,33H,5-7,12-15H2,1-4H3,(H,29,35)(H,31,34)/t20?,21?,24-/m1/s1. The normalized spacial score (nSPS) is 18.5.